The van der Waals surface area contributed by atoms with E-state index in [9.17, 15) is 9.90 Å². The van der Waals surface area contributed by atoms with E-state index in [1.807, 2.05) is 18.2 Å². The summed E-state index contributed by atoms with van der Waals surface area (Å²) in [6.45, 7) is 3.24. The second-order valence-corrected chi connectivity index (χ2v) is 8.58. The maximum absolute atomic E-state index is 11.4. The smallest absolute Gasteiger partial charge is 0.303 e. The normalized spacial score (nSPS) is 25.0. The largest absolute Gasteiger partial charge is 0.481 e. The molecule has 5 heteroatoms. The lowest BCUT2D eigenvalue weighted by Crippen LogP contribution is -2.44. The number of hydrogen-bond acceptors (Lipinski definition) is 3. The quantitative estimate of drug-likeness (QED) is 0.804. The van der Waals surface area contributed by atoms with Gasteiger partial charge in [-0.25, -0.2) is 4.98 Å². The molecule has 0 radical (unpaired) electrons. The van der Waals surface area contributed by atoms with Crippen LogP contribution in [0.5, 0.6) is 0 Å². The average molecular weight is 370 g/mol. The topological polar surface area (TPSA) is 69.2 Å². The Hall–Kier alpha value is -1.88. The summed E-state index contributed by atoms with van der Waals surface area (Å²) in [5.41, 5.74) is 2.06. The van der Waals surface area contributed by atoms with Crippen molar-refractivity contribution >= 4 is 17.0 Å². The molecule has 5 nitrogen and oxygen atoms in total. The molecule has 1 saturated heterocycles. The molecule has 1 aromatic heterocycles. The summed E-state index contributed by atoms with van der Waals surface area (Å²) in [5, 5.41) is 9.35. The second kappa shape index (κ2) is 8.42. The highest BCUT2D eigenvalue weighted by Crippen LogP contribution is 2.32. The summed E-state index contributed by atoms with van der Waals surface area (Å²) in [6, 6.07) is 8.11. The zero-order valence-electron chi connectivity index (χ0n) is 16.1. The Balaban J connectivity index is 1.44. The number of nitrogens with zero attached hydrogens (tertiary/aromatic N) is 2. The Morgan fingerprint density at radius 3 is 2.74 bits per heavy atom. The van der Waals surface area contributed by atoms with Crippen LogP contribution >= 0.6 is 0 Å². The highest BCUT2D eigenvalue weighted by molar-refractivity contribution is 5.74. The van der Waals surface area contributed by atoms with Crippen LogP contribution in [0, 0.1) is 17.8 Å². The molecule has 0 unspecified atom stereocenters. The number of aromatic amines is 1. The fourth-order valence-corrected chi connectivity index (χ4v) is 5.13. The van der Waals surface area contributed by atoms with Crippen LogP contribution in [0.15, 0.2) is 24.3 Å². The van der Waals surface area contributed by atoms with E-state index in [2.05, 4.69) is 16.0 Å². The summed E-state index contributed by atoms with van der Waals surface area (Å²) < 4.78 is 0. The van der Waals surface area contributed by atoms with Crippen molar-refractivity contribution in [1.29, 1.82) is 0 Å². The average Bonchev–Trinajstić information content (AvgIpc) is 3.07. The van der Waals surface area contributed by atoms with Gasteiger partial charge in [0.15, 0.2) is 0 Å². The maximum Gasteiger partial charge on any atom is 0.303 e. The number of hydrogen-bond donors (Lipinski definition) is 2. The van der Waals surface area contributed by atoms with Crippen molar-refractivity contribution in [1.82, 2.24) is 14.9 Å². The van der Waals surface area contributed by atoms with E-state index in [0.29, 0.717) is 5.92 Å². The van der Waals surface area contributed by atoms with Crippen molar-refractivity contribution in [2.45, 2.75) is 51.4 Å². The van der Waals surface area contributed by atoms with E-state index in [0.717, 1.165) is 48.7 Å². The number of fused-ring (bicyclic) bond motifs is 1. The zero-order chi connectivity index (χ0) is 18.6. The van der Waals surface area contributed by atoms with Crippen molar-refractivity contribution in [3.05, 3.63) is 30.1 Å². The number of H-pyrrole nitrogens is 1. The molecule has 2 fully saturated rings. The van der Waals surface area contributed by atoms with Crippen LogP contribution in [0.3, 0.4) is 0 Å². The van der Waals surface area contributed by atoms with Gasteiger partial charge in [0.2, 0.25) is 0 Å². The van der Waals surface area contributed by atoms with Crippen molar-refractivity contribution < 1.29 is 9.90 Å². The van der Waals surface area contributed by atoms with Gasteiger partial charge in [0.1, 0.15) is 5.82 Å². The van der Waals surface area contributed by atoms with E-state index in [1.165, 1.54) is 38.6 Å². The number of para-hydroxylation sites is 2. The Labute approximate surface area is 161 Å². The van der Waals surface area contributed by atoms with Gasteiger partial charge in [0, 0.05) is 25.9 Å². The number of rotatable bonds is 6. The SMILES string of the molecule is O=C(O)C[C@@H]1CCN(CC2CCCCC2)C[C@@H]1Cc1nc2ccccc2[nH]1. The fourth-order valence-electron chi connectivity index (χ4n) is 5.13. The molecule has 1 saturated carbocycles. The third kappa shape index (κ3) is 4.70. The van der Waals surface area contributed by atoms with Crippen LogP contribution < -0.4 is 0 Å². The predicted octanol–water partition coefficient (Wildman–Crippen LogP) is 4.10. The first-order chi connectivity index (χ1) is 13.2. The van der Waals surface area contributed by atoms with Gasteiger partial charge >= 0.3 is 5.97 Å². The summed E-state index contributed by atoms with van der Waals surface area (Å²) in [4.78, 5) is 22.1. The molecule has 2 N–H and O–H groups in total. The monoisotopic (exact) mass is 369 g/mol. The van der Waals surface area contributed by atoms with Crippen LogP contribution in [-0.4, -0.2) is 45.6 Å². The van der Waals surface area contributed by atoms with Gasteiger partial charge in [-0.1, -0.05) is 31.4 Å². The number of aromatic nitrogens is 2. The molecule has 2 heterocycles. The molecule has 2 atom stereocenters. The number of aliphatic carboxylic acids is 1. The second-order valence-electron chi connectivity index (χ2n) is 8.58. The van der Waals surface area contributed by atoms with Gasteiger partial charge in [0.05, 0.1) is 11.0 Å². The molecule has 146 valence electrons. The minimum absolute atomic E-state index is 0.248. The first-order valence-corrected chi connectivity index (χ1v) is 10.5. The number of carboxylic acids is 1. The Morgan fingerprint density at radius 2 is 1.96 bits per heavy atom. The molecular weight excluding hydrogens is 338 g/mol. The van der Waals surface area contributed by atoms with Crippen LogP contribution in [0.2, 0.25) is 0 Å². The van der Waals surface area contributed by atoms with Crippen molar-refractivity contribution in [3.8, 4) is 0 Å². The minimum Gasteiger partial charge on any atom is -0.481 e. The zero-order valence-corrected chi connectivity index (χ0v) is 16.1. The van der Waals surface area contributed by atoms with Gasteiger partial charge in [-0.3, -0.25) is 4.79 Å². The summed E-state index contributed by atoms with van der Waals surface area (Å²) in [5.74, 6) is 1.77. The number of carbonyl (C=O) groups is 1. The first-order valence-electron chi connectivity index (χ1n) is 10.5. The molecule has 27 heavy (non-hydrogen) atoms. The third-order valence-electron chi connectivity index (χ3n) is 6.55. The standard InChI is InChI=1S/C22H31N3O2/c26-22(27)13-17-10-11-25(14-16-6-2-1-3-7-16)15-18(17)12-21-23-19-8-4-5-9-20(19)24-21/h4-5,8-9,16-18H,1-3,6-7,10-15H2,(H,23,24)(H,26,27)/t17-,18-/m0/s1. The molecule has 0 amide bonds. The van der Waals surface area contributed by atoms with E-state index >= 15 is 0 Å². The van der Waals surface area contributed by atoms with Crippen molar-refractivity contribution in [3.63, 3.8) is 0 Å². The molecule has 2 aliphatic rings. The predicted molar refractivity (Wildman–Crippen MR) is 107 cm³/mol. The summed E-state index contributed by atoms with van der Waals surface area (Å²) in [7, 11) is 0. The fraction of sp³-hybridized carbons (Fsp3) is 0.636. The maximum atomic E-state index is 11.4. The summed E-state index contributed by atoms with van der Waals surface area (Å²) in [6.07, 6.45) is 8.99. The van der Waals surface area contributed by atoms with Gasteiger partial charge in [-0.05, 0) is 55.7 Å². The van der Waals surface area contributed by atoms with E-state index in [-0.39, 0.29) is 12.3 Å². The van der Waals surface area contributed by atoms with Gasteiger partial charge in [-0.2, -0.15) is 0 Å². The Kier molecular flexibility index (Phi) is 5.77. The molecule has 2 aromatic rings. The molecule has 1 aromatic carbocycles. The molecule has 0 bridgehead atoms. The molecule has 0 spiro atoms. The number of benzene rings is 1. The summed E-state index contributed by atoms with van der Waals surface area (Å²) >= 11 is 0. The van der Waals surface area contributed by atoms with E-state index in [4.69, 9.17) is 4.98 Å². The highest BCUT2D eigenvalue weighted by atomic mass is 16.4. The van der Waals surface area contributed by atoms with E-state index in [1.54, 1.807) is 0 Å². The Bertz CT molecular complexity index is 733. The van der Waals surface area contributed by atoms with E-state index < -0.39 is 5.97 Å². The van der Waals surface area contributed by atoms with Crippen LogP contribution in [0.4, 0.5) is 0 Å². The van der Waals surface area contributed by atoms with Gasteiger partial charge < -0.3 is 15.0 Å². The molecule has 1 aliphatic carbocycles. The Morgan fingerprint density at radius 1 is 1.15 bits per heavy atom. The van der Waals surface area contributed by atoms with Crippen molar-refractivity contribution in [2.24, 2.45) is 17.8 Å². The van der Waals surface area contributed by atoms with Crippen molar-refractivity contribution in [2.75, 3.05) is 19.6 Å². The lowest BCUT2D eigenvalue weighted by Gasteiger charge is -2.40. The van der Waals surface area contributed by atoms with Gasteiger partial charge in [0.25, 0.3) is 0 Å². The third-order valence-corrected chi connectivity index (χ3v) is 6.55. The number of nitrogens with one attached hydrogen (secondary N) is 1. The molecular formula is C22H31N3O2. The first kappa shape index (κ1) is 18.5. The van der Waals surface area contributed by atoms with Crippen LogP contribution in [0.25, 0.3) is 11.0 Å². The number of carboxylic acid groups (broad SMARTS) is 1. The lowest BCUT2D eigenvalue weighted by molar-refractivity contribution is -0.139. The molecule has 1 aliphatic heterocycles. The molecule has 4 rings (SSSR count). The van der Waals surface area contributed by atoms with Crippen LogP contribution in [-0.2, 0) is 11.2 Å². The van der Waals surface area contributed by atoms with Crippen LogP contribution in [0.1, 0.15) is 50.8 Å². The number of imidazole rings is 1. The number of piperidine rings is 1. The minimum atomic E-state index is -0.671. The highest BCUT2D eigenvalue weighted by Gasteiger charge is 2.32. The number of likely N-dealkylation sites (tertiary alicyclic amines) is 1. The lowest BCUT2D eigenvalue weighted by atomic mass is 9.80. The van der Waals surface area contributed by atoms with Gasteiger partial charge in [-0.15, -0.1) is 0 Å².